The molecule has 1 aromatic carbocycles. The zero-order chi connectivity index (χ0) is 18.4. The Hall–Kier alpha value is -2.37. The van der Waals surface area contributed by atoms with Crippen molar-refractivity contribution < 1.29 is 19.1 Å². The summed E-state index contributed by atoms with van der Waals surface area (Å²) in [5.41, 5.74) is 2.59. The minimum Gasteiger partial charge on any atom is -0.451 e. The third kappa shape index (κ3) is 5.59. The van der Waals surface area contributed by atoms with Gasteiger partial charge < -0.3 is 15.4 Å². The monoisotopic (exact) mass is 346 g/mol. The van der Waals surface area contributed by atoms with Crippen LogP contribution in [0.4, 0.5) is 0 Å². The summed E-state index contributed by atoms with van der Waals surface area (Å²) in [4.78, 5) is 35.9. The van der Waals surface area contributed by atoms with Crippen molar-refractivity contribution in [3.05, 3.63) is 34.9 Å². The molecule has 1 atom stereocenters. The SMILES string of the molecule is Cc1ccc(C(=O)NCC(=O)O[C@H](C)C(=O)NC2CCCC2)cc1C. The van der Waals surface area contributed by atoms with Crippen LogP contribution in [0.1, 0.15) is 54.1 Å². The number of hydrogen-bond donors (Lipinski definition) is 2. The maximum Gasteiger partial charge on any atom is 0.326 e. The number of carbonyl (C=O) groups excluding carboxylic acids is 3. The van der Waals surface area contributed by atoms with Crippen LogP contribution >= 0.6 is 0 Å². The summed E-state index contributed by atoms with van der Waals surface area (Å²) in [6.45, 7) is 5.15. The molecule has 1 aliphatic carbocycles. The summed E-state index contributed by atoms with van der Waals surface area (Å²) in [5.74, 6) is -1.27. The summed E-state index contributed by atoms with van der Waals surface area (Å²) >= 11 is 0. The second-order valence-electron chi connectivity index (χ2n) is 6.60. The molecule has 1 aromatic rings. The van der Waals surface area contributed by atoms with Gasteiger partial charge in [-0.15, -0.1) is 0 Å². The molecular formula is C19H26N2O4. The van der Waals surface area contributed by atoms with Gasteiger partial charge in [-0.3, -0.25) is 14.4 Å². The van der Waals surface area contributed by atoms with Crippen LogP contribution in [0.2, 0.25) is 0 Å². The Morgan fingerprint density at radius 1 is 1.16 bits per heavy atom. The molecule has 1 aliphatic rings. The predicted octanol–water partition coefficient (Wildman–Crippen LogP) is 2.02. The van der Waals surface area contributed by atoms with E-state index in [4.69, 9.17) is 4.74 Å². The third-order valence-corrected chi connectivity index (χ3v) is 4.54. The van der Waals surface area contributed by atoms with Crippen LogP contribution in [0.3, 0.4) is 0 Å². The molecule has 0 bridgehead atoms. The molecule has 2 amide bonds. The first kappa shape index (κ1) is 19.0. The maximum atomic E-state index is 12.1. The highest BCUT2D eigenvalue weighted by molar-refractivity contribution is 5.96. The zero-order valence-corrected chi connectivity index (χ0v) is 15.1. The van der Waals surface area contributed by atoms with Crippen molar-refractivity contribution in [2.45, 2.75) is 58.6 Å². The van der Waals surface area contributed by atoms with Crippen molar-refractivity contribution in [2.75, 3.05) is 6.54 Å². The van der Waals surface area contributed by atoms with Gasteiger partial charge in [0.15, 0.2) is 6.10 Å². The lowest BCUT2D eigenvalue weighted by molar-refractivity contribution is -0.154. The molecule has 0 saturated heterocycles. The van der Waals surface area contributed by atoms with Gasteiger partial charge in [0.25, 0.3) is 11.8 Å². The zero-order valence-electron chi connectivity index (χ0n) is 15.1. The minimum atomic E-state index is -0.869. The van der Waals surface area contributed by atoms with Gasteiger partial charge in [-0.2, -0.15) is 0 Å². The standard InChI is InChI=1S/C19H26N2O4/c1-12-8-9-15(10-13(12)2)19(24)20-11-17(22)25-14(3)18(23)21-16-6-4-5-7-16/h8-10,14,16H,4-7,11H2,1-3H3,(H,20,24)(H,21,23)/t14-/m1/s1. The molecule has 0 aromatic heterocycles. The topological polar surface area (TPSA) is 84.5 Å². The minimum absolute atomic E-state index is 0.179. The van der Waals surface area contributed by atoms with E-state index in [0.717, 1.165) is 36.8 Å². The highest BCUT2D eigenvalue weighted by atomic mass is 16.5. The van der Waals surface area contributed by atoms with Gasteiger partial charge in [-0.1, -0.05) is 18.9 Å². The Morgan fingerprint density at radius 2 is 1.84 bits per heavy atom. The van der Waals surface area contributed by atoms with Gasteiger partial charge in [-0.25, -0.2) is 0 Å². The Kier molecular flexibility index (Phi) is 6.56. The summed E-state index contributed by atoms with van der Waals surface area (Å²) < 4.78 is 5.09. The van der Waals surface area contributed by atoms with E-state index in [1.54, 1.807) is 12.1 Å². The number of hydrogen-bond acceptors (Lipinski definition) is 4. The lowest BCUT2D eigenvalue weighted by Gasteiger charge is -2.17. The lowest BCUT2D eigenvalue weighted by Crippen LogP contribution is -2.42. The van der Waals surface area contributed by atoms with Gasteiger partial charge >= 0.3 is 5.97 Å². The van der Waals surface area contributed by atoms with Crippen LogP contribution in [-0.2, 0) is 14.3 Å². The second kappa shape index (κ2) is 8.65. The number of amides is 2. The summed E-state index contributed by atoms with van der Waals surface area (Å²) in [6.07, 6.45) is 3.30. The molecule has 6 nitrogen and oxygen atoms in total. The van der Waals surface area contributed by atoms with Crippen LogP contribution in [-0.4, -0.2) is 36.5 Å². The summed E-state index contributed by atoms with van der Waals surface area (Å²) in [6, 6.07) is 5.52. The second-order valence-corrected chi connectivity index (χ2v) is 6.60. The number of rotatable bonds is 6. The molecule has 0 spiro atoms. The lowest BCUT2D eigenvalue weighted by atomic mass is 10.1. The number of nitrogens with one attached hydrogen (secondary N) is 2. The molecular weight excluding hydrogens is 320 g/mol. The van der Waals surface area contributed by atoms with Crippen molar-refractivity contribution in [3.63, 3.8) is 0 Å². The highest BCUT2D eigenvalue weighted by Crippen LogP contribution is 2.17. The highest BCUT2D eigenvalue weighted by Gasteiger charge is 2.23. The Bertz CT molecular complexity index is 651. The molecule has 1 saturated carbocycles. The van der Waals surface area contributed by atoms with Crippen molar-refractivity contribution in [1.29, 1.82) is 0 Å². The quantitative estimate of drug-likeness (QED) is 0.772. The number of aryl methyl sites for hydroxylation is 2. The fourth-order valence-corrected chi connectivity index (χ4v) is 2.82. The molecule has 25 heavy (non-hydrogen) atoms. The largest absolute Gasteiger partial charge is 0.451 e. The van der Waals surface area contributed by atoms with E-state index in [2.05, 4.69) is 10.6 Å². The molecule has 0 heterocycles. The molecule has 6 heteroatoms. The van der Waals surface area contributed by atoms with E-state index >= 15 is 0 Å². The number of esters is 1. The molecule has 0 radical (unpaired) electrons. The smallest absolute Gasteiger partial charge is 0.326 e. The maximum absolute atomic E-state index is 12.1. The van der Waals surface area contributed by atoms with Crippen molar-refractivity contribution in [1.82, 2.24) is 10.6 Å². The third-order valence-electron chi connectivity index (χ3n) is 4.54. The molecule has 0 unspecified atom stereocenters. The number of carbonyl (C=O) groups is 3. The van der Waals surface area contributed by atoms with Crippen LogP contribution in [0.15, 0.2) is 18.2 Å². The normalized spacial score (nSPS) is 15.5. The molecule has 1 fully saturated rings. The van der Waals surface area contributed by atoms with Crippen molar-refractivity contribution in [3.8, 4) is 0 Å². The Morgan fingerprint density at radius 3 is 2.48 bits per heavy atom. The van der Waals surface area contributed by atoms with Crippen molar-refractivity contribution >= 4 is 17.8 Å². The average molecular weight is 346 g/mol. The van der Waals surface area contributed by atoms with Gasteiger partial charge in [-0.05, 0) is 56.9 Å². The molecule has 2 rings (SSSR count). The number of ether oxygens (including phenoxy) is 1. The van der Waals surface area contributed by atoms with E-state index in [9.17, 15) is 14.4 Å². The van der Waals surface area contributed by atoms with E-state index in [-0.39, 0.29) is 24.4 Å². The van der Waals surface area contributed by atoms with Crippen LogP contribution in [0.25, 0.3) is 0 Å². The number of benzene rings is 1. The molecule has 0 aliphatic heterocycles. The summed E-state index contributed by atoms with van der Waals surface area (Å²) in [5, 5.41) is 5.40. The molecule has 2 N–H and O–H groups in total. The van der Waals surface area contributed by atoms with Crippen molar-refractivity contribution in [2.24, 2.45) is 0 Å². The predicted molar refractivity (Wildman–Crippen MR) is 94.2 cm³/mol. The Labute approximate surface area is 148 Å². The van der Waals surface area contributed by atoms with Crippen LogP contribution in [0.5, 0.6) is 0 Å². The first-order valence-electron chi connectivity index (χ1n) is 8.72. The Balaban J connectivity index is 1.76. The molecule has 136 valence electrons. The first-order chi connectivity index (χ1) is 11.9. The fraction of sp³-hybridized carbons (Fsp3) is 0.526. The van der Waals surface area contributed by atoms with E-state index in [1.165, 1.54) is 6.92 Å². The fourth-order valence-electron chi connectivity index (χ4n) is 2.82. The van der Waals surface area contributed by atoms with Crippen LogP contribution < -0.4 is 10.6 Å². The van der Waals surface area contributed by atoms with Gasteiger partial charge in [0.1, 0.15) is 6.54 Å². The average Bonchev–Trinajstić information content (AvgIpc) is 3.08. The van der Waals surface area contributed by atoms with E-state index in [0.29, 0.717) is 5.56 Å². The summed E-state index contributed by atoms with van der Waals surface area (Å²) in [7, 11) is 0. The first-order valence-corrected chi connectivity index (χ1v) is 8.72. The van der Waals surface area contributed by atoms with E-state index in [1.807, 2.05) is 19.9 Å². The van der Waals surface area contributed by atoms with Gasteiger partial charge in [0, 0.05) is 11.6 Å². The van der Waals surface area contributed by atoms with Crippen LogP contribution in [0, 0.1) is 13.8 Å². The van der Waals surface area contributed by atoms with Gasteiger partial charge in [0.05, 0.1) is 0 Å². The van der Waals surface area contributed by atoms with E-state index < -0.39 is 12.1 Å². The van der Waals surface area contributed by atoms with Gasteiger partial charge in [0.2, 0.25) is 0 Å².